The molecule has 0 amide bonds. The summed E-state index contributed by atoms with van der Waals surface area (Å²) in [4.78, 5) is 4.81. The van der Waals surface area contributed by atoms with E-state index in [1.807, 2.05) is 0 Å². The van der Waals surface area contributed by atoms with E-state index in [2.05, 4.69) is 51.7 Å². The lowest BCUT2D eigenvalue weighted by molar-refractivity contribution is 0.191. The minimum Gasteiger partial charge on any atom is -0.327 e. The van der Waals surface area contributed by atoms with E-state index in [9.17, 15) is 0 Å². The number of nitrogens with zero attached hydrogens (tertiary/aromatic N) is 2. The largest absolute Gasteiger partial charge is 0.327 e. The van der Waals surface area contributed by atoms with Gasteiger partial charge >= 0.3 is 0 Å². The maximum atomic E-state index is 4.81. The zero-order chi connectivity index (χ0) is 14.0. The highest BCUT2D eigenvalue weighted by molar-refractivity contribution is 9.09. The van der Waals surface area contributed by atoms with Crippen LogP contribution in [0.4, 0.5) is 0 Å². The van der Waals surface area contributed by atoms with Crippen LogP contribution in [0.2, 0.25) is 0 Å². The molecule has 108 valence electrons. The number of hydrogen-bond acceptors (Lipinski definition) is 1. The second-order valence-electron chi connectivity index (χ2n) is 6.15. The second kappa shape index (κ2) is 5.88. The summed E-state index contributed by atoms with van der Waals surface area (Å²) in [6.45, 7) is 3.32. The van der Waals surface area contributed by atoms with E-state index in [0.717, 1.165) is 23.8 Å². The third-order valence-electron chi connectivity index (χ3n) is 4.74. The van der Waals surface area contributed by atoms with E-state index < -0.39 is 0 Å². The van der Waals surface area contributed by atoms with Gasteiger partial charge in [0, 0.05) is 18.3 Å². The number of hydrogen-bond donors (Lipinski definition) is 0. The molecule has 0 saturated heterocycles. The summed E-state index contributed by atoms with van der Waals surface area (Å²) in [7, 11) is 0. The summed E-state index contributed by atoms with van der Waals surface area (Å²) >= 11 is 3.79. The van der Waals surface area contributed by atoms with Crippen molar-refractivity contribution >= 4 is 27.0 Å². The maximum absolute atomic E-state index is 4.81. The average molecular weight is 335 g/mol. The molecule has 1 saturated carbocycles. The van der Waals surface area contributed by atoms with Crippen LogP contribution in [-0.4, -0.2) is 14.9 Å². The van der Waals surface area contributed by atoms with Crippen molar-refractivity contribution in [1.82, 2.24) is 9.55 Å². The van der Waals surface area contributed by atoms with E-state index in [1.54, 1.807) is 0 Å². The molecule has 2 aromatic rings. The van der Waals surface area contributed by atoms with Crippen LogP contribution in [-0.2, 0) is 13.0 Å². The fourth-order valence-corrected chi connectivity index (χ4v) is 4.28. The molecule has 0 atom stereocenters. The lowest BCUT2D eigenvalue weighted by atomic mass is 9.75. The number of rotatable bonds is 4. The van der Waals surface area contributed by atoms with Crippen molar-refractivity contribution in [3.8, 4) is 0 Å². The highest BCUT2D eigenvalue weighted by Crippen LogP contribution is 2.40. The Morgan fingerprint density at radius 3 is 2.65 bits per heavy atom. The van der Waals surface area contributed by atoms with Crippen LogP contribution in [0.5, 0.6) is 0 Å². The molecular weight excluding hydrogens is 312 g/mol. The number of aryl methyl sites for hydroxylation is 1. The molecule has 0 unspecified atom stereocenters. The van der Waals surface area contributed by atoms with Crippen LogP contribution in [0, 0.1) is 5.41 Å². The lowest BCUT2D eigenvalue weighted by Gasteiger charge is -2.36. The predicted octanol–water partition coefficient (Wildman–Crippen LogP) is 4.94. The van der Waals surface area contributed by atoms with Crippen LogP contribution in [0.25, 0.3) is 11.0 Å². The molecule has 1 aliphatic rings. The molecule has 3 heteroatoms. The van der Waals surface area contributed by atoms with Crippen molar-refractivity contribution in [3.63, 3.8) is 0 Å². The Morgan fingerprint density at radius 1 is 1.20 bits per heavy atom. The van der Waals surface area contributed by atoms with Gasteiger partial charge in [0.15, 0.2) is 0 Å². The van der Waals surface area contributed by atoms with Gasteiger partial charge in [-0.05, 0) is 30.4 Å². The highest BCUT2D eigenvalue weighted by atomic mass is 79.9. The van der Waals surface area contributed by atoms with Gasteiger partial charge in [-0.3, -0.25) is 0 Å². The van der Waals surface area contributed by atoms with Gasteiger partial charge in [-0.15, -0.1) is 0 Å². The van der Waals surface area contributed by atoms with E-state index >= 15 is 0 Å². The normalized spacial score (nSPS) is 18.5. The van der Waals surface area contributed by atoms with Crippen molar-refractivity contribution in [2.45, 2.75) is 52.0 Å². The van der Waals surface area contributed by atoms with Crippen LogP contribution < -0.4 is 0 Å². The van der Waals surface area contributed by atoms with Gasteiger partial charge in [-0.2, -0.15) is 0 Å². The monoisotopic (exact) mass is 334 g/mol. The third kappa shape index (κ3) is 2.52. The maximum Gasteiger partial charge on any atom is 0.109 e. The van der Waals surface area contributed by atoms with Gasteiger partial charge in [-0.1, -0.05) is 54.2 Å². The summed E-state index contributed by atoms with van der Waals surface area (Å²) in [6, 6.07) is 8.56. The Bertz CT molecular complexity index is 582. The molecule has 0 N–H and O–H groups in total. The molecule has 2 nitrogen and oxygen atoms in total. The molecule has 0 bridgehead atoms. The van der Waals surface area contributed by atoms with Gasteiger partial charge in [0.05, 0.1) is 11.0 Å². The van der Waals surface area contributed by atoms with Crippen LogP contribution in [0.3, 0.4) is 0 Å². The zero-order valence-electron chi connectivity index (χ0n) is 12.2. The number of imidazole rings is 1. The van der Waals surface area contributed by atoms with Crippen LogP contribution >= 0.6 is 15.9 Å². The standard InChI is InChI=1S/C17H23BrN2/c1-2-16-19-14-8-4-5-9-15(14)20(16)13-17(12-18)10-6-3-7-11-17/h4-5,8-9H,2-3,6-7,10-13H2,1H3. The van der Waals surface area contributed by atoms with Crippen molar-refractivity contribution in [3.05, 3.63) is 30.1 Å². The molecule has 0 spiro atoms. The van der Waals surface area contributed by atoms with Crippen LogP contribution in [0.15, 0.2) is 24.3 Å². The van der Waals surface area contributed by atoms with Gasteiger partial charge in [-0.25, -0.2) is 4.98 Å². The quantitative estimate of drug-likeness (QED) is 0.723. The van der Waals surface area contributed by atoms with Gasteiger partial charge < -0.3 is 4.57 Å². The fourth-order valence-electron chi connectivity index (χ4n) is 3.54. The number of aromatic nitrogens is 2. The molecular formula is C17H23BrN2. The first kappa shape index (κ1) is 14.1. The number of fused-ring (bicyclic) bond motifs is 1. The topological polar surface area (TPSA) is 17.8 Å². The Hall–Kier alpha value is -0.830. The number of para-hydroxylation sites is 2. The molecule has 20 heavy (non-hydrogen) atoms. The Balaban J connectivity index is 2.00. The summed E-state index contributed by atoms with van der Waals surface area (Å²) in [5, 5.41) is 1.11. The molecule has 1 aromatic carbocycles. The van der Waals surface area contributed by atoms with E-state index in [4.69, 9.17) is 4.98 Å². The summed E-state index contributed by atoms with van der Waals surface area (Å²) in [5.41, 5.74) is 2.87. The van der Waals surface area contributed by atoms with Gasteiger partial charge in [0.25, 0.3) is 0 Å². The zero-order valence-corrected chi connectivity index (χ0v) is 13.8. The average Bonchev–Trinajstić information content (AvgIpc) is 2.86. The van der Waals surface area contributed by atoms with Crippen molar-refractivity contribution in [1.29, 1.82) is 0 Å². The Morgan fingerprint density at radius 2 is 1.95 bits per heavy atom. The lowest BCUT2D eigenvalue weighted by Crippen LogP contribution is -2.31. The molecule has 1 aliphatic carbocycles. The number of halogens is 1. The summed E-state index contributed by atoms with van der Waals surface area (Å²) in [6.07, 6.45) is 7.84. The molecule has 1 fully saturated rings. The molecule has 0 aliphatic heterocycles. The molecule has 0 radical (unpaired) electrons. The molecule has 1 aromatic heterocycles. The molecule has 3 rings (SSSR count). The van der Waals surface area contributed by atoms with Gasteiger partial charge in [0.2, 0.25) is 0 Å². The minimum absolute atomic E-state index is 0.422. The van der Waals surface area contributed by atoms with Crippen molar-refractivity contribution in [2.75, 3.05) is 5.33 Å². The molecule has 1 heterocycles. The summed E-state index contributed by atoms with van der Waals surface area (Å²) < 4.78 is 2.47. The summed E-state index contributed by atoms with van der Waals surface area (Å²) in [5.74, 6) is 1.23. The second-order valence-corrected chi connectivity index (χ2v) is 6.71. The Labute approximate surface area is 129 Å². The number of benzene rings is 1. The van der Waals surface area contributed by atoms with E-state index in [0.29, 0.717) is 5.41 Å². The smallest absolute Gasteiger partial charge is 0.109 e. The van der Waals surface area contributed by atoms with E-state index in [1.165, 1.54) is 43.4 Å². The SMILES string of the molecule is CCc1nc2ccccc2n1CC1(CBr)CCCCC1. The third-order valence-corrected chi connectivity index (χ3v) is 5.93. The first-order valence-corrected chi connectivity index (χ1v) is 8.90. The van der Waals surface area contributed by atoms with Gasteiger partial charge in [0.1, 0.15) is 5.82 Å². The van der Waals surface area contributed by atoms with Crippen LogP contribution in [0.1, 0.15) is 44.9 Å². The van der Waals surface area contributed by atoms with Crippen molar-refractivity contribution in [2.24, 2.45) is 5.41 Å². The first-order chi connectivity index (χ1) is 9.78. The van der Waals surface area contributed by atoms with E-state index in [-0.39, 0.29) is 0 Å². The Kier molecular flexibility index (Phi) is 4.16. The minimum atomic E-state index is 0.422. The predicted molar refractivity (Wildman–Crippen MR) is 88.4 cm³/mol. The van der Waals surface area contributed by atoms with Crippen molar-refractivity contribution < 1.29 is 0 Å². The first-order valence-electron chi connectivity index (χ1n) is 7.78. The number of alkyl halides is 1. The highest BCUT2D eigenvalue weighted by Gasteiger charge is 2.32. The fraction of sp³-hybridized carbons (Fsp3) is 0.588.